The summed E-state index contributed by atoms with van der Waals surface area (Å²) < 4.78 is 15.9. The predicted molar refractivity (Wildman–Crippen MR) is 97.7 cm³/mol. The third-order valence-electron chi connectivity index (χ3n) is 3.75. The van der Waals surface area contributed by atoms with Gasteiger partial charge < -0.3 is 19.2 Å². The van der Waals surface area contributed by atoms with E-state index in [-0.39, 0.29) is 18.1 Å². The third-order valence-corrected chi connectivity index (χ3v) is 3.75. The van der Waals surface area contributed by atoms with Crippen LogP contribution in [-0.2, 0) is 13.2 Å². The van der Waals surface area contributed by atoms with Crippen LogP contribution in [0.25, 0.3) is 0 Å². The molecule has 1 aromatic carbocycles. The quantitative estimate of drug-likeness (QED) is 0.691. The molecule has 7 heteroatoms. The lowest BCUT2D eigenvalue weighted by Gasteiger charge is -2.08. The lowest BCUT2D eigenvalue weighted by Crippen LogP contribution is -2.24. The molecular formula is C20H18N2O5. The van der Waals surface area contributed by atoms with Gasteiger partial charge in [0.25, 0.3) is 5.91 Å². The maximum Gasteiger partial charge on any atom is 0.287 e. The molecule has 0 aliphatic carbocycles. The second kappa shape index (κ2) is 8.66. The molecule has 3 rings (SSSR count). The fourth-order valence-corrected chi connectivity index (χ4v) is 2.32. The topological polar surface area (TPSA) is 90.7 Å². The Hall–Kier alpha value is -3.61. The van der Waals surface area contributed by atoms with Crippen LogP contribution in [0.5, 0.6) is 11.5 Å². The summed E-state index contributed by atoms with van der Waals surface area (Å²) >= 11 is 0. The summed E-state index contributed by atoms with van der Waals surface area (Å²) in [4.78, 5) is 28.2. The van der Waals surface area contributed by atoms with Crippen LogP contribution in [0.1, 0.15) is 21.7 Å². The monoisotopic (exact) mass is 366 g/mol. The molecule has 0 aliphatic heterocycles. The van der Waals surface area contributed by atoms with Crippen molar-refractivity contribution in [2.24, 2.45) is 0 Å². The van der Waals surface area contributed by atoms with Gasteiger partial charge in [0.2, 0.25) is 11.2 Å². The molecule has 1 amide bonds. The van der Waals surface area contributed by atoms with Crippen LogP contribution >= 0.6 is 0 Å². The van der Waals surface area contributed by atoms with Gasteiger partial charge in [-0.05, 0) is 35.4 Å². The second-order valence-corrected chi connectivity index (χ2v) is 5.65. The first-order chi connectivity index (χ1) is 13.2. The van der Waals surface area contributed by atoms with E-state index >= 15 is 0 Å². The van der Waals surface area contributed by atoms with Crippen LogP contribution in [0.2, 0.25) is 0 Å². The average molecular weight is 366 g/mol. The number of pyridine rings is 1. The zero-order valence-corrected chi connectivity index (χ0v) is 14.7. The molecule has 0 spiro atoms. The Kier molecular flexibility index (Phi) is 5.84. The van der Waals surface area contributed by atoms with E-state index < -0.39 is 11.3 Å². The highest BCUT2D eigenvalue weighted by atomic mass is 16.5. The van der Waals surface area contributed by atoms with Crippen molar-refractivity contribution in [2.75, 3.05) is 7.11 Å². The molecule has 0 aliphatic rings. The fraction of sp³-hybridized carbons (Fsp3) is 0.150. The Balaban J connectivity index is 1.61. The average Bonchev–Trinajstić information content (AvgIpc) is 2.72. The molecule has 0 fully saturated rings. The van der Waals surface area contributed by atoms with Crippen molar-refractivity contribution in [2.45, 2.75) is 13.2 Å². The first kappa shape index (κ1) is 18.2. The molecule has 27 heavy (non-hydrogen) atoms. The number of nitrogens with zero attached hydrogens (tertiary/aromatic N) is 1. The third kappa shape index (κ3) is 4.94. The first-order valence-corrected chi connectivity index (χ1v) is 8.21. The standard InChI is InChI=1S/C20H18N2O5/c1-25-16-4-2-3-15(9-16)12-26-19-13-27-18(10-17(19)23)20(24)22-11-14-5-7-21-8-6-14/h2-10,13H,11-12H2,1H3,(H,22,24). The Morgan fingerprint density at radius 3 is 2.70 bits per heavy atom. The van der Waals surface area contributed by atoms with Crippen molar-refractivity contribution in [3.05, 3.63) is 88.2 Å². The van der Waals surface area contributed by atoms with Crippen LogP contribution in [0.4, 0.5) is 0 Å². The summed E-state index contributed by atoms with van der Waals surface area (Å²) in [6.45, 7) is 0.481. The molecule has 0 unspecified atom stereocenters. The first-order valence-electron chi connectivity index (χ1n) is 8.21. The van der Waals surface area contributed by atoms with E-state index in [0.29, 0.717) is 12.3 Å². The van der Waals surface area contributed by atoms with E-state index in [2.05, 4.69) is 10.3 Å². The fourth-order valence-electron chi connectivity index (χ4n) is 2.32. The van der Waals surface area contributed by atoms with Gasteiger partial charge in [-0.15, -0.1) is 0 Å². The highest BCUT2D eigenvalue weighted by molar-refractivity contribution is 5.91. The van der Waals surface area contributed by atoms with Crippen LogP contribution in [0, 0.1) is 0 Å². The van der Waals surface area contributed by atoms with Gasteiger partial charge in [-0.3, -0.25) is 14.6 Å². The number of benzene rings is 1. The van der Waals surface area contributed by atoms with Gasteiger partial charge in [0.15, 0.2) is 5.76 Å². The van der Waals surface area contributed by atoms with E-state index in [1.54, 1.807) is 31.6 Å². The molecule has 0 saturated carbocycles. The second-order valence-electron chi connectivity index (χ2n) is 5.65. The van der Waals surface area contributed by atoms with Gasteiger partial charge in [0.05, 0.1) is 7.11 Å². The highest BCUT2D eigenvalue weighted by Gasteiger charge is 2.12. The zero-order chi connectivity index (χ0) is 19.1. The van der Waals surface area contributed by atoms with E-state index in [1.165, 1.54) is 0 Å². The predicted octanol–water partition coefficient (Wildman–Crippen LogP) is 2.55. The number of carbonyl (C=O) groups is 1. The lowest BCUT2D eigenvalue weighted by atomic mass is 10.2. The normalized spacial score (nSPS) is 10.3. The molecule has 0 bridgehead atoms. The summed E-state index contributed by atoms with van der Waals surface area (Å²) in [5.74, 6) is 0.166. The van der Waals surface area contributed by atoms with Crippen molar-refractivity contribution in [1.29, 1.82) is 0 Å². The van der Waals surface area contributed by atoms with Gasteiger partial charge in [-0.2, -0.15) is 0 Å². The SMILES string of the molecule is COc1cccc(COc2coc(C(=O)NCc3ccncc3)cc2=O)c1. The number of rotatable bonds is 7. The minimum absolute atomic E-state index is 0.0310. The maximum atomic E-state index is 12.2. The summed E-state index contributed by atoms with van der Waals surface area (Å²) in [5, 5.41) is 2.68. The molecule has 0 radical (unpaired) electrons. The molecule has 1 N–H and O–H groups in total. The summed E-state index contributed by atoms with van der Waals surface area (Å²) in [7, 11) is 1.58. The van der Waals surface area contributed by atoms with Crippen molar-refractivity contribution in [1.82, 2.24) is 10.3 Å². The molecule has 0 atom stereocenters. The number of hydrogen-bond donors (Lipinski definition) is 1. The number of amides is 1. The van der Waals surface area contributed by atoms with Crippen molar-refractivity contribution in [3.8, 4) is 11.5 Å². The number of ether oxygens (including phenoxy) is 2. The van der Waals surface area contributed by atoms with Crippen LogP contribution in [-0.4, -0.2) is 18.0 Å². The number of methoxy groups -OCH3 is 1. The Bertz CT molecular complexity index is 969. The van der Waals surface area contributed by atoms with Gasteiger partial charge in [0.1, 0.15) is 18.6 Å². The zero-order valence-electron chi connectivity index (χ0n) is 14.7. The molecule has 3 aromatic rings. The number of hydrogen-bond acceptors (Lipinski definition) is 6. The number of aromatic nitrogens is 1. The summed E-state index contributed by atoms with van der Waals surface area (Å²) in [6, 6.07) is 12.0. The van der Waals surface area contributed by atoms with E-state index in [0.717, 1.165) is 23.5 Å². The molecule has 0 saturated heterocycles. The Morgan fingerprint density at radius 1 is 1.15 bits per heavy atom. The van der Waals surface area contributed by atoms with Crippen molar-refractivity contribution < 1.29 is 18.7 Å². The van der Waals surface area contributed by atoms with Gasteiger partial charge in [-0.1, -0.05) is 12.1 Å². The molecule has 7 nitrogen and oxygen atoms in total. The summed E-state index contributed by atoms with van der Waals surface area (Å²) in [5.41, 5.74) is 1.30. The lowest BCUT2D eigenvalue weighted by molar-refractivity contribution is 0.0919. The highest BCUT2D eigenvalue weighted by Crippen LogP contribution is 2.15. The van der Waals surface area contributed by atoms with Gasteiger partial charge in [0, 0.05) is 25.0 Å². The van der Waals surface area contributed by atoms with Crippen molar-refractivity contribution in [3.63, 3.8) is 0 Å². The van der Waals surface area contributed by atoms with E-state index in [9.17, 15) is 9.59 Å². The van der Waals surface area contributed by atoms with Crippen LogP contribution in [0.3, 0.4) is 0 Å². The Labute approximate surface area is 155 Å². The minimum atomic E-state index is -0.483. The smallest absolute Gasteiger partial charge is 0.287 e. The molecule has 2 heterocycles. The van der Waals surface area contributed by atoms with E-state index in [1.807, 2.05) is 24.3 Å². The van der Waals surface area contributed by atoms with Crippen LogP contribution < -0.4 is 20.2 Å². The summed E-state index contributed by atoms with van der Waals surface area (Å²) in [6.07, 6.45) is 4.41. The Morgan fingerprint density at radius 2 is 1.96 bits per heavy atom. The van der Waals surface area contributed by atoms with Gasteiger partial charge >= 0.3 is 0 Å². The number of carbonyl (C=O) groups excluding carboxylic acids is 1. The molecular weight excluding hydrogens is 348 g/mol. The van der Waals surface area contributed by atoms with E-state index in [4.69, 9.17) is 13.9 Å². The van der Waals surface area contributed by atoms with Crippen LogP contribution in [0.15, 0.2) is 70.3 Å². The largest absolute Gasteiger partial charge is 0.497 e. The minimum Gasteiger partial charge on any atom is -0.497 e. The van der Waals surface area contributed by atoms with Gasteiger partial charge in [-0.25, -0.2) is 0 Å². The maximum absolute atomic E-state index is 12.2. The van der Waals surface area contributed by atoms with Crippen molar-refractivity contribution >= 4 is 5.91 Å². The molecule has 2 aromatic heterocycles. The number of nitrogens with one attached hydrogen (secondary N) is 1. The molecule has 138 valence electrons.